The number of likely N-dealkylation sites (N-methyl/N-ethyl adjacent to an activating group) is 1. The number of hydrogen-bond acceptors (Lipinski definition) is 5. The lowest BCUT2D eigenvalue weighted by Crippen LogP contribution is -2.16. The Hall–Kier alpha value is -1.36. The predicted octanol–water partition coefficient (Wildman–Crippen LogP) is 0.862. The lowest BCUT2D eigenvalue weighted by atomic mass is 10.5. The molecule has 5 heteroatoms. The zero-order valence-corrected chi connectivity index (χ0v) is 9.36. The van der Waals surface area contributed by atoms with Gasteiger partial charge in [-0.15, -0.1) is 0 Å². The number of nitrogens with one attached hydrogen (secondary N) is 1. The minimum Gasteiger partial charge on any atom is -0.475 e. The zero-order chi connectivity index (χ0) is 11.1. The van der Waals surface area contributed by atoms with E-state index in [-0.39, 0.29) is 6.10 Å². The van der Waals surface area contributed by atoms with Crippen LogP contribution in [0.5, 0.6) is 11.8 Å². The Kier molecular flexibility index (Phi) is 4.83. The van der Waals surface area contributed by atoms with Crippen LogP contribution >= 0.6 is 0 Å². The van der Waals surface area contributed by atoms with Crippen LogP contribution in [0.1, 0.15) is 13.8 Å². The van der Waals surface area contributed by atoms with E-state index in [0.29, 0.717) is 18.4 Å². The van der Waals surface area contributed by atoms with Crippen LogP contribution in [0.2, 0.25) is 0 Å². The summed E-state index contributed by atoms with van der Waals surface area (Å²) in [4.78, 5) is 8.13. The van der Waals surface area contributed by atoms with Gasteiger partial charge < -0.3 is 14.8 Å². The summed E-state index contributed by atoms with van der Waals surface area (Å²) in [5.74, 6) is 0.982. The fraction of sp³-hybridized carbons (Fsp3) is 0.600. The second kappa shape index (κ2) is 6.19. The molecular weight excluding hydrogens is 194 g/mol. The molecule has 0 aliphatic rings. The maximum absolute atomic E-state index is 5.39. The highest BCUT2D eigenvalue weighted by Crippen LogP contribution is 2.12. The molecule has 0 atom stereocenters. The number of nitrogens with zero attached hydrogens (tertiary/aromatic N) is 2. The van der Waals surface area contributed by atoms with Gasteiger partial charge in [-0.05, 0) is 20.9 Å². The second-order valence-electron chi connectivity index (χ2n) is 3.31. The van der Waals surface area contributed by atoms with Gasteiger partial charge in [0.25, 0.3) is 0 Å². The van der Waals surface area contributed by atoms with Crippen molar-refractivity contribution in [2.24, 2.45) is 0 Å². The first-order valence-corrected chi connectivity index (χ1v) is 4.98. The molecule has 0 aromatic carbocycles. The van der Waals surface area contributed by atoms with Crippen molar-refractivity contribution in [1.29, 1.82) is 0 Å². The van der Waals surface area contributed by atoms with Gasteiger partial charge in [0.15, 0.2) is 0 Å². The van der Waals surface area contributed by atoms with E-state index in [9.17, 15) is 0 Å². The van der Waals surface area contributed by atoms with Gasteiger partial charge in [-0.2, -0.15) is 4.98 Å². The van der Waals surface area contributed by atoms with Crippen LogP contribution < -0.4 is 14.8 Å². The highest BCUT2D eigenvalue weighted by Gasteiger charge is 2.02. The minimum atomic E-state index is 0.0897. The largest absolute Gasteiger partial charge is 0.475 e. The molecule has 5 nitrogen and oxygen atoms in total. The molecule has 0 radical (unpaired) electrons. The van der Waals surface area contributed by atoms with Crippen molar-refractivity contribution in [1.82, 2.24) is 15.3 Å². The molecule has 0 aliphatic carbocycles. The number of ether oxygens (including phenoxy) is 2. The average molecular weight is 211 g/mol. The quantitative estimate of drug-likeness (QED) is 0.707. The van der Waals surface area contributed by atoms with Crippen molar-refractivity contribution in [3.63, 3.8) is 0 Å². The maximum Gasteiger partial charge on any atom is 0.235 e. The number of rotatable bonds is 6. The van der Waals surface area contributed by atoms with E-state index in [0.717, 1.165) is 6.54 Å². The van der Waals surface area contributed by atoms with E-state index < -0.39 is 0 Å². The van der Waals surface area contributed by atoms with Gasteiger partial charge >= 0.3 is 0 Å². The molecule has 0 bridgehead atoms. The molecule has 84 valence electrons. The van der Waals surface area contributed by atoms with Crippen molar-refractivity contribution >= 4 is 0 Å². The van der Waals surface area contributed by atoms with Crippen LogP contribution in [0.15, 0.2) is 12.4 Å². The third-order valence-corrected chi connectivity index (χ3v) is 1.55. The summed E-state index contributed by atoms with van der Waals surface area (Å²) in [6.45, 7) is 5.22. The number of hydrogen-bond donors (Lipinski definition) is 1. The SMILES string of the molecule is CNCCOc1cncc(OC(C)C)n1. The highest BCUT2D eigenvalue weighted by molar-refractivity contribution is 5.12. The fourth-order valence-electron chi connectivity index (χ4n) is 0.957. The first kappa shape index (κ1) is 11.7. The van der Waals surface area contributed by atoms with Crippen molar-refractivity contribution < 1.29 is 9.47 Å². The summed E-state index contributed by atoms with van der Waals surface area (Å²) in [5, 5.41) is 2.98. The third-order valence-electron chi connectivity index (χ3n) is 1.55. The maximum atomic E-state index is 5.39. The Morgan fingerprint density at radius 3 is 2.73 bits per heavy atom. The van der Waals surface area contributed by atoms with E-state index in [1.54, 1.807) is 12.4 Å². The molecule has 0 saturated carbocycles. The first-order chi connectivity index (χ1) is 7.22. The average Bonchev–Trinajstić information content (AvgIpc) is 2.18. The molecule has 1 aromatic rings. The van der Waals surface area contributed by atoms with Crippen molar-refractivity contribution in [3.05, 3.63) is 12.4 Å². The highest BCUT2D eigenvalue weighted by atomic mass is 16.5. The molecule has 1 heterocycles. The molecule has 1 aromatic heterocycles. The molecular formula is C10H17N3O2. The molecule has 15 heavy (non-hydrogen) atoms. The summed E-state index contributed by atoms with van der Waals surface area (Å²) in [5.41, 5.74) is 0. The molecule has 0 spiro atoms. The summed E-state index contributed by atoms with van der Waals surface area (Å²) < 4.78 is 10.7. The summed E-state index contributed by atoms with van der Waals surface area (Å²) in [6.07, 6.45) is 3.24. The first-order valence-electron chi connectivity index (χ1n) is 4.98. The van der Waals surface area contributed by atoms with Gasteiger partial charge in [0.1, 0.15) is 6.61 Å². The Morgan fingerprint density at radius 1 is 1.33 bits per heavy atom. The van der Waals surface area contributed by atoms with Gasteiger partial charge in [-0.3, -0.25) is 4.98 Å². The summed E-state index contributed by atoms with van der Waals surface area (Å²) in [6, 6.07) is 0. The van der Waals surface area contributed by atoms with E-state index in [4.69, 9.17) is 9.47 Å². The van der Waals surface area contributed by atoms with Crippen LogP contribution in [0, 0.1) is 0 Å². The smallest absolute Gasteiger partial charge is 0.235 e. The molecule has 0 amide bonds. The van der Waals surface area contributed by atoms with Crippen LogP contribution in [0.3, 0.4) is 0 Å². The fourth-order valence-corrected chi connectivity index (χ4v) is 0.957. The standard InChI is InChI=1S/C10H17N3O2/c1-8(2)15-10-7-12-6-9(13-10)14-5-4-11-3/h6-8,11H,4-5H2,1-3H3. The van der Waals surface area contributed by atoms with E-state index in [2.05, 4.69) is 15.3 Å². The van der Waals surface area contributed by atoms with Gasteiger partial charge in [0.2, 0.25) is 11.8 Å². The molecule has 1 N–H and O–H groups in total. The normalized spacial score (nSPS) is 10.4. The molecule has 0 unspecified atom stereocenters. The topological polar surface area (TPSA) is 56.3 Å². The Morgan fingerprint density at radius 2 is 2.07 bits per heavy atom. The van der Waals surface area contributed by atoms with Crippen LogP contribution in [-0.2, 0) is 0 Å². The molecule has 0 fully saturated rings. The van der Waals surface area contributed by atoms with E-state index in [1.165, 1.54) is 0 Å². The Bertz CT molecular complexity index is 292. The summed E-state index contributed by atoms with van der Waals surface area (Å²) >= 11 is 0. The predicted molar refractivity (Wildman–Crippen MR) is 57.2 cm³/mol. The zero-order valence-electron chi connectivity index (χ0n) is 9.36. The van der Waals surface area contributed by atoms with Crippen molar-refractivity contribution in [2.45, 2.75) is 20.0 Å². The molecule has 1 rings (SSSR count). The third kappa shape index (κ3) is 4.60. The van der Waals surface area contributed by atoms with Crippen LogP contribution in [0.4, 0.5) is 0 Å². The second-order valence-corrected chi connectivity index (χ2v) is 3.31. The van der Waals surface area contributed by atoms with Gasteiger partial charge in [-0.1, -0.05) is 0 Å². The van der Waals surface area contributed by atoms with Crippen molar-refractivity contribution in [2.75, 3.05) is 20.2 Å². The van der Waals surface area contributed by atoms with Crippen LogP contribution in [-0.4, -0.2) is 36.3 Å². The Labute approximate surface area is 89.8 Å². The van der Waals surface area contributed by atoms with E-state index in [1.807, 2.05) is 20.9 Å². The molecule has 0 saturated heterocycles. The monoisotopic (exact) mass is 211 g/mol. The van der Waals surface area contributed by atoms with E-state index >= 15 is 0 Å². The summed E-state index contributed by atoms with van der Waals surface area (Å²) in [7, 11) is 1.87. The van der Waals surface area contributed by atoms with Gasteiger partial charge in [0, 0.05) is 6.54 Å². The minimum absolute atomic E-state index is 0.0897. The van der Waals surface area contributed by atoms with Crippen LogP contribution in [0.25, 0.3) is 0 Å². The lowest BCUT2D eigenvalue weighted by molar-refractivity contribution is 0.224. The molecule has 0 aliphatic heterocycles. The van der Waals surface area contributed by atoms with Gasteiger partial charge in [0.05, 0.1) is 18.5 Å². The van der Waals surface area contributed by atoms with Crippen molar-refractivity contribution in [3.8, 4) is 11.8 Å². The number of aromatic nitrogens is 2. The Balaban J connectivity index is 2.50. The lowest BCUT2D eigenvalue weighted by Gasteiger charge is -2.09. The van der Waals surface area contributed by atoms with Gasteiger partial charge in [-0.25, -0.2) is 0 Å².